The number of nitro groups is 1. The number of para-hydroxylation sites is 2. The van der Waals surface area contributed by atoms with Crippen LogP contribution in [0.25, 0.3) is 0 Å². The Hall–Kier alpha value is -5.06. The Kier molecular flexibility index (Phi) is 8.17. The lowest BCUT2D eigenvalue weighted by molar-refractivity contribution is -0.384. The smallest absolute Gasteiger partial charge is 0.269 e. The Labute approximate surface area is 225 Å². The van der Waals surface area contributed by atoms with Crippen molar-refractivity contribution in [3.8, 4) is 5.75 Å². The first-order valence-electron chi connectivity index (χ1n) is 12.7. The molecule has 0 saturated carbocycles. The molecule has 1 aliphatic rings. The fourth-order valence-corrected chi connectivity index (χ4v) is 4.11. The molecule has 0 radical (unpaired) electrons. The van der Waals surface area contributed by atoms with Gasteiger partial charge in [-0.15, -0.1) is 0 Å². The summed E-state index contributed by atoms with van der Waals surface area (Å²) in [5.74, 6) is 1.98. The van der Waals surface area contributed by atoms with Gasteiger partial charge < -0.3 is 15.0 Å². The summed E-state index contributed by atoms with van der Waals surface area (Å²) in [6.07, 6.45) is 5.05. The van der Waals surface area contributed by atoms with Crippen molar-refractivity contribution < 1.29 is 9.66 Å². The number of hydrogen-bond acceptors (Lipinski definition) is 10. The maximum absolute atomic E-state index is 10.9. The van der Waals surface area contributed by atoms with Crippen molar-refractivity contribution in [3.05, 3.63) is 100 Å². The third-order valence-corrected chi connectivity index (χ3v) is 6.12. The summed E-state index contributed by atoms with van der Waals surface area (Å²) in [7, 11) is 0. The molecule has 2 N–H and O–H groups in total. The van der Waals surface area contributed by atoms with Gasteiger partial charge in [-0.1, -0.05) is 30.3 Å². The van der Waals surface area contributed by atoms with Crippen molar-refractivity contribution in [1.82, 2.24) is 15.0 Å². The zero-order valence-corrected chi connectivity index (χ0v) is 21.2. The standard InChI is InChI=1S/C28H28N8O3/c37-36(38)24-15-13-21(14-16-24)20-39-25-12-6-5-9-22(25)19-29-34-27-31-26(30-23-10-3-1-4-11-23)32-28(33-27)35-17-7-2-8-18-35/h1,3-6,9-16,19H,2,7-8,17-18,20H2,(H2,30,31,32,33,34)/b29-19-. The van der Waals surface area contributed by atoms with Crippen molar-refractivity contribution in [2.24, 2.45) is 5.10 Å². The molecule has 0 aliphatic carbocycles. The number of benzene rings is 3. The van der Waals surface area contributed by atoms with E-state index in [1.165, 1.54) is 18.6 Å². The molecule has 4 aromatic rings. The lowest BCUT2D eigenvalue weighted by atomic mass is 10.1. The van der Waals surface area contributed by atoms with Gasteiger partial charge in [-0.3, -0.25) is 10.1 Å². The second kappa shape index (κ2) is 12.5. The number of aromatic nitrogens is 3. The molecule has 0 unspecified atom stereocenters. The Morgan fingerprint density at radius 1 is 0.897 bits per heavy atom. The highest BCUT2D eigenvalue weighted by Crippen LogP contribution is 2.22. The molecular formula is C28H28N8O3. The van der Waals surface area contributed by atoms with Gasteiger partial charge in [0, 0.05) is 36.5 Å². The number of ether oxygens (including phenoxy) is 1. The lowest BCUT2D eigenvalue weighted by Crippen LogP contribution is -2.31. The van der Waals surface area contributed by atoms with Crippen molar-refractivity contribution in [3.63, 3.8) is 0 Å². The molecule has 1 saturated heterocycles. The number of non-ortho nitro benzene ring substituents is 1. The number of hydrazone groups is 1. The summed E-state index contributed by atoms with van der Waals surface area (Å²) < 4.78 is 5.96. The minimum absolute atomic E-state index is 0.0428. The number of hydrogen-bond donors (Lipinski definition) is 2. The van der Waals surface area contributed by atoms with Crippen LogP contribution in [0.4, 0.5) is 29.2 Å². The molecule has 1 aliphatic heterocycles. The average Bonchev–Trinajstić information content (AvgIpc) is 2.98. The molecule has 1 fully saturated rings. The van der Waals surface area contributed by atoms with Crippen molar-refractivity contribution in [1.29, 1.82) is 0 Å². The second-order valence-corrected chi connectivity index (χ2v) is 8.94. The predicted octanol–water partition coefficient (Wildman–Crippen LogP) is 5.54. The van der Waals surface area contributed by atoms with E-state index in [1.54, 1.807) is 18.3 Å². The van der Waals surface area contributed by atoms with Crippen LogP contribution >= 0.6 is 0 Å². The summed E-state index contributed by atoms with van der Waals surface area (Å²) >= 11 is 0. The fraction of sp³-hybridized carbons (Fsp3) is 0.214. The van der Waals surface area contributed by atoms with Crippen LogP contribution in [0.3, 0.4) is 0 Å². The highest BCUT2D eigenvalue weighted by Gasteiger charge is 2.16. The van der Waals surface area contributed by atoms with Crippen LogP contribution in [-0.4, -0.2) is 39.2 Å². The number of anilines is 4. The van der Waals surface area contributed by atoms with Crippen LogP contribution in [0.5, 0.6) is 5.75 Å². The molecular weight excluding hydrogens is 496 g/mol. The van der Waals surface area contributed by atoms with Gasteiger partial charge in [-0.05, 0) is 61.2 Å². The Morgan fingerprint density at radius 2 is 1.62 bits per heavy atom. The van der Waals surface area contributed by atoms with Crippen molar-refractivity contribution in [2.75, 3.05) is 28.7 Å². The summed E-state index contributed by atoms with van der Waals surface area (Å²) in [5, 5.41) is 18.5. The van der Waals surface area contributed by atoms with E-state index in [2.05, 4.69) is 35.7 Å². The zero-order valence-electron chi connectivity index (χ0n) is 21.2. The third-order valence-electron chi connectivity index (χ3n) is 6.12. The maximum Gasteiger partial charge on any atom is 0.269 e. The first kappa shape index (κ1) is 25.6. The topological polar surface area (TPSA) is 131 Å². The highest BCUT2D eigenvalue weighted by atomic mass is 16.6. The molecule has 3 aromatic carbocycles. The molecule has 0 amide bonds. The van der Waals surface area contributed by atoms with Crippen LogP contribution in [0, 0.1) is 10.1 Å². The number of nitro benzene ring substituents is 1. The van der Waals surface area contributed by atoms with Gasteiger partial charge in [-0.2, -0.15) is 20.1 Å². The van der Waals surface area contributed by atoms with Gasteiger partial charge in [-0.25, -0.2) is 5.43 Å². The number of piperidine rings is 1. The van der Waals surface area contributed by atoms with Gasteiger partial charge in [0.05, 0.1) is 11.1 Å². The zero-order chi connectivity index (χ0) is 26.9. The molecule has 39 heavy (non-hydrogen) atoms. The van der Waals surface area contributed by atoms with Crippen molar-refractivity contribution in [2.45, 2.75) is 25.9 Å². The molecule has 11 heteroatoms. The molecule has 0 bridgehead atoms. The minimum Gasteiger partial charge on any atom is -0.488 e. The fourth-order valence-electron chi connectivity index (χ4n) is 4.11. The van der Waals surface area contributed by atoms with E-state index in [9.17, 15) is 10.1 Å². The molecule has 1 aromatic heterocycles. The SMILES string of the molecule is O=[N+]([O-])c1ccc(COc2ccccc2/C=N\Nc2nc(Nc3ccccc3)nc(N3CCCCC3)n2)cc1. The first-order chi connectivity index (χ1) is 19.1. The minimum atomic E-state index is -0.425. The quantitative estimate of drug-likeness (QED) is 0.156. The van der Waals surface area contributed by atoms with E-state index in [0.717, 1.165) is 42.7 Å². The maximum atomic E-state index is 10.9. The molecule has 2 heterocycles. The molecule has 5 rings (SSSR count). The van der Waals surface area contributed by atoms with E-state index in [1.807, 2.05) is 54.6 Å². The molecule has 0 spiro atoms. The van der Waals surface area contributed by atoms with Gasteiger partial charge in [0.15, 0.2) is 0 Å². The predicted molar refractivity (Wildman–Crippen MR) is 151 cm³/mol. The van der Waals surface area contributed by atoms with E-state index in [0.29, 0.717) is 23.6 Å². The Bertz CT molecular complexity index is 1420. The van der Waals surface area contributed by atoms with Crippen molar-refractivity contribution >= 4 is 35.4 Å². The summed E-state index contributed by atoms with van der Waals surface area (Å²) in [5.41, 5.74) is 5.43. The summed E-state index contributed by atoms with van der Waals surface area (Å²) in [4.78, 5) is 26.4. The number of nitrogens with zero attached hydrogens (tertiary/aromatic N) is 6. The monoisotopic (exact) mass is 524 g/mol. The number of nitrogens with one attached hydrogen (secondary N) is 2. The van der Waals surface area contributed by atoms with Crippen LogP contribution < -0.4 is 20.4 Å². The van der Waals surface area contributed by atoms with E-state index in [4.69, 9.17) is 4.74 Å². The lowest BCUT2D eigenvalue weighted by Gasteiger charge is -2.26. The second-order valence-electron chi connectivity index (χ2n) is 8.94. The normalized spacial score (nSPS) is 13.3. The van der Waals surface area contributed by atoms with Gasteiger partial charge in [0.2, 0.25) is 17.8 Å². The van der Waals surface area contributed by atoms with E-state index in [-0.39, 0.29) is 12.3 Å². The number of rotatable bonds is 10. The van der Waals surface area contributed by atoms with E-state index >= 15 is 0 Å². The van der Waals surface area contributed by atoms with Crippen LogP contribution in [0.15, 0.2) is 84.0 Å². The Morgan fingerprint density at radius 3 is 2.38 bits per heavy atom. The third kappa shape index (κ3) is 7.04. The largest absolute Gasteiger partial charge is 0.488 e. The molecule has 11 nitrogen and oxygen atoms in total. The molecule has 198 valence electrons. The van der Waals surface area contributed by atoms with Gasteiger partial charge >= 0.3 is 0 Å². The highest BCUT2D eigenvalue weighted by molar-refractivity contribution is 5.83. The van der Waals surface area contributed by atoms with Crippen LogP contribution in [-0.2, 0) is 6.61 Å². The van der Waals surface area contributed by atoms with Gasteiger partial charge in [0.25, 0.3) is 5.69 Å². The van der Waals surface area contributed by atoms with Crippen LogP contribution in [0.2, 0.25) is 0 Å². The van der Waals surface area contributed by atoms with Crippen LogP contribution in [0.1, 0.15) is 30.4 Å². The average molecular weight is 525 g/mol. The van der Waals surface area contributed by atoms with Gasteiger partial charge in [0.1, 0.15) is 12.4 Å². The Balaban J connectivity index is 1.30. The summed E-state index contributed by atoms with van der Waals surface area (Å²) in [6, 6.07) is 23.5. The first-order valence-corrected chi connectivity index (χ1v) is 12.7. The molecule has 0 atom stereocenters. The van der Waals surface area contributed by atoms with E-state index < -0.39 is 4.92 Å². The summed E-state index contributed by atoms with van der Waals surface area (Å²) in [6.45, 7) is 2.06.